The zero-order valence-electron chi connectivity index (χ0n) is 12.8. The number of nitrogen functional groups attached to an aromatic ring is 1. The third-order valence-corrected chi connectivity index (χ3v) is 4.68. The number of carbonyl (C=O) groups excluding carboxylic acids is 1. The standard InChI is InChI=1S/C16H23N3OS/c1-3-5-10-19(11-6-4-2)16(20)15-13(17)14-12(21-15)8-7-9-18-14/h7-9H,3-6,10-11,17H2,1-2H3. The van der Waals surface area contributed by atoms with Crippen molar-refractivity contribution in [1.82, 2.24) is 9.88 Å². The number of thiophene rings is 1. The van der Waals surface area contributed by atoms with Gasteiger partial charge in [-0.05, 0) is 25.0 Å². The summed E-state index contributed by atoms with van der Waals surface area (Å²) in [6, 6.07) is 3.83. The molecule has 0 bridgehead atoms. The van der Waals surface area contributed by atoms with E-state index >= 15 is 0 Å². The van der Waals surface area contributed by atoms with Crippen molar-refractivity contribution >= 4 is 33.1 Å². The molecule has 2 N–H and O–H groups in total. The molecule has 0 spiro atoms. The van der Waals surface area contributed by atoms with Crippen LogP contribution in [0.1, 0.15) is 49.2 Å². The molecule has 21 heavy (non-hydrogen) atoms. The first kappa shape index (κ1) is 15.8. The maximum absolute atomic E-state index is 12.8. The van der Waals surface area contributed by atoms with Gasteiger partial charge in [-0.2, -0.15) is 0 Å². The minimum absolute atomic E-state index is 0.0531. The molecule has 114 valence electrons. The number of hydrogen-bond donors (Lipinski definition) is 1. The first-order chi connectivity index (χ1) is 10.2. The van der Waals surface area contributed by atoms with Crippen LogP contribution in [0.5, 0.6) is 0 Å². The van der Waals surface area contributed by atoms with Crippen LogP contribution in [0.2, 0.25) is 0 Å². The fraction of sp³-hybridized carbons (Fsp3) is 0.500. The van der Waals surface area contributed by atoms with Crippen LogP contribution in [-0.4, -0.2) is 28.9 Å². The normalized spacial score (nSPS) is 11.0. The molecular formula is C16H23N3OS. The topological polar surface area (TPSA) is 59.2 Å². The van der Waals surface area contributed by atoms with E-state index in [1.807, 2.05) is 17.0 Å². The van der Waals surface area contributed by atoms with E-state index in [9.17, 15) is 4.79 Å². The molecule has 2 aromatic rings. The Labute approximate surface area is 130 Å². The summed E-state index contributed by atoms with van der Waals surface area (Å²) in [5.74, 6) is 0.0531. The van der Waals surface area contributed by atoms with E-state index in [0.29, 0.717) is 10.6 Å². The highest BCUT2D eigenvalue weighted by atomic mass is 32.1. The molecule has 0 unspecified atom stereocenters. The Morgan fingerprint density at radius 3 is 2.52 bits per heavy atom. The summed E-state index contributed by atoms with van der Waals surface area (Å²) in [5.41, 5.74) is 7.41. The molecule has 0 saturated carbocycles. The molecule has 2 rings (SSSR count). The van der Waals surface area contributed by atoms with Gasteiger partial charge in [0.15, 0.2) is 0 Å². The molecule has 5 heteroatoms. The summed E-state index contributed by atoms with van der Waals surface area (Å²) in [4.78, 5) is 19.6. The molecule has 0 aliphatic heterocycles. The van der Waals surface area contributed by atoms with Crippen molar-refractivity contribution in [1.29, 1.82) is 0 Å². The zero-order valence-corrected chi connectivity index (χ0v) is 13.6. The summed E-state index contributed by atoms with van der Waals surface area (Å²) in [6.07, 6.45) is 5.93. The smallest absolute Gasteiger partial charge is 0.266 e. The third-order valence-electron chi connectivity index (χ3n) is 3.53. The highest BCUT2D eigenvalue weighted by Gasteiger charge is 2.21. The highest BCUT2D eigenvalue weighted by molar-refractivity contribution is 7.21. The number of carbonyl (C=O) groups is 1. The van der Waals surface area contributed by atoms with E-state index in [1.165, 1.54) is 11.3 Å². The summed E-state index contributed by atoms with van der Waals surface area (Å²) >= 11 is 1.45. The van der Waals surface area contributed by atoms with Crippen LogP contribution in [0.15, 0.2) is 18.3 Å². The molecule has 1 amide bonds. The van der Waals surface area contributed by atoms with Gasteiger partial charge in [0.25, 0.3) is 5.91 Å². The molecule has 2 aromatic heterocycles. The van der Waals surface area contributed by atoms with E-state index in [1.54, 1.807) is 6.20 Å². The van der Waals surface area contributed by atoms with E-state index in [0.717, 1.165) is 49.0 Å². The van der Waals surface area contributed by atoms with Gasteiger partial charge in [0, 0.05) is 19.3 Å². The lowest BCUT2D eigenvalue weighted by molar-refractivity contribution is 0.0757. The number of amides is 1. The number of aromatic nitrogens is 1. The molecule has 4 nitrogen and oxygen atoms in total. The summed E-state index contributed by atoms with van der Waals surface area (Å²) in [5, 5.41) is 0. The minimum Gasteiger partial charge on any atom is -0.396 e. The molecule has 0 radical (unpaired) electrons. The van der Waals surface area contributed by atoms with Gasteiger partial charge in [-0.15, -0.1) is 11.3 Å². The van der Waals surface area contributed by atoms with Gasteiger partial charge in [0.05, 0.1) is 10.4 Å². The molecule has 0 saturated heterocycles. The second kappa shape index (κ2) is 7.41. The van der Waals surface area contributed by atoms with Crippen molar-refractivity contribution < 1.29 is 4.79 Å². The van der Waals surface area contributed by atoms with Gasteiger partial charge in [0.2, 0.25) is 0 Å². The van der Waals surface area contributed by atoms with Gasteiger partial charge in [0.1, 0.15) is 10.4 Å². The van der Waals surface area contributed by atoms with Crippen LogP contribution in [-0.2, 0) is 0 Å². The van der Waals surface area contributed by atoms with Crippen LogP contribution >= 0.6 is 11.3 Å². The summed E-state index contributed by atoms with van der Waals surface area (Å²) < 4.78 is 0.976. The van der Waals surface area contributed by atoms with Crippen molar-refractivity contribution in [3.05, 3.63) is 23.2 Å². The lowest BCUT2D eigenvalue weighted by Gasteiger charge is -2.22. The maximum atomic E-state index is 12.8. The predicted octanol–water partition coefficient (Wildman–Crippen LogP) is 3.92. The fourth-order valence-corrected chi connectivity index (χ4v) is 3.31. The van der Waals surface area contributed by atoms with Crippen molar-refractivity contribution in [3.63, 3.8) is 0 Å². The van der Waals surface area contributed by atoms with Crippen LogP contribution in [0.3, 0.4) is 0 Å². The van der Waals surface area contributed by atoms with Crippen LogP contribution in [0.25, 0.3) is 10.2 Å². The Balaban J connectivity index is 2.26. The largest absolute Gasteiger partial charge is 0.396 e. The fourth-order valence-electron chi connectivity index (χ4n) is 2.26. The molecular weight excluding hydrogens is 282 g/mol. The first-order valence-corrected chi connectivity index (χ1v) is 8.42. The highest BCUT2D eigenvalue weighted by Crippen LogP contribution is 2.32. The van der Waals surface area contributed by atoms with E-state index in [4.69, 9.17) is 5.73 Å². The lowest BCUT2D eigenvalue weighted by Crippen LogP contribution is -2.32. The Morgan fingerprint density at radius 1 is 1.29 bits per heavy atom. The second-order valence-electron chi connectivity index (χ2n) is 5.19. The zero-order chi connectivity index (χ0) is 15.2. The number of unbranched alkanes of at least 4 members (excludes halogenated alkanes) is 2. The average Bonchev–Trinajstić information content (AvgIpc) is 2.84. The molecule has 0 aliphatic rings. The Bertz CT molecular complexity index is 601. The maximum Gasteiger partial charge on any atom is 0.266 e. The van der Waals surface area contributed by atoms with Crippen molar-refractivity contribution in [2.45, 2.75) is 39.5 Å². The van der Waals surface area contributed by atoms with Gasteiger partial charge in [-0.1, -0.05) is 26.7 Å². The molecule has 0 atom stereocenters. The Hall–Kier alpha value is -1.62. The number of anilines is 1. The number of nitrogens with two attached hydrogens (primary N) is 1. The van der Waals surface area contributed by atoms with Crippen LogP contribution in [0.4, 0.5) is 5.69 Å². The lowest BCUT2D eigenvalue weighted by atomic mass is 10.2. The van der Waals surface area contributed by atoms with Crippen molar-refractivity contribution in [2.75, 3.05) is 18.8 Å². The quantitative estimate of drug-likeness (QED) is 0.843. The SMILES string of the molecule is CCCCN(CCCC)C(=O)c1sc2cccnc2c1N. The van der Waals surface area contributed by atoms with Crippen molar-refractivity contribution in [2.24, 2.45) is 0 Å². The predicted molar refractivity (Wildman–Crippen MR) is 89.8 cm³/mol. The number of nitrogens with zero attached hydrogens (tertiary/aromatic N) is 2. The molecule has 0 fully saturated rings. The van der Waals surface area contributed by atoms with Gasteiger partial charge < -0.3 is 10.6 Å². The number of hydrogen-bond acceptors (Lipinski definition) is 4. The van der Waals surface area contributed by atoms with Crippen LogP contribution < -0.4 is 5.73 Å². The number of fused-ring (bicyclic) bond motifs is 1. The minimum atomic E-state index is 0.0531. The Kier molecular flexibility index (Phi) is 5.56. The van der Waals surface area contributed by atoms with E-state index in [2.05, 4.69) is 18.8 Å². The first-order valence-electron chi connectivity index (χ1n) is 7.61. The molecule has 0 aliphatic carbocycles. The van der Waals surface area contributed by atoms with Gasteiger partial charge in [-0.25, -0.2) is 0 Å². The van der Waals surface area contributed by atoms with Gasteiger partial charge in [-0.3, -0.25) is 9.78 Å². The molecule has 0 aromatic carbocycles. The monoisotopic (exact) mass is 305 g/mol. The van der Waals surface area contributed by atoms with Crippen molar-refractivity contribution in [3.8, 4) is 0 Å². The molecule has 2 heterocycles. The van der Waals surface area contributed by atoms with Gasteiger partial charge >= 0.3 is 0 Å². The average molecular weight is 305 g/mol. The Morgan fingerprint density at radius 2 is 1.95 bits per heavy atom. The van der Waals surface area contributed by atoms with E-state index < -0.39 is 0 Å². The number of rotatable bonds is 7. The second-order valence-corrected chi connectivity index (χ2v) is 6.25. The van der Waals surface area contributed by atoms with E-state index in [-0.39, 0.29) is 5.91 Å². The number of pyridine rings is 1. The third kappa shape index (κ3) is 3.53. The van der Waals surface area contributed by atoms with Crippen LogP contribution in [0, 0.1) is 0 Å². The summed E-state index contributed by atoms with van der Waals surface area (Å²) in [7, 11) is 0. The summed E-state index contributed by atoms with van der Waals surface area (Å²) in [6.45, 7) is 5.88.